The maximum atomic E-state index is 9.57. The average Bonchev–Trinajstić information content (AvgIpc) is 3.43. The summed E-state index contributed by atoms with van der Waals surface area (Å²) in [5.41, 5.74) is 4.66. The van der Waals surface area contributed by atoms with Gasteiger partial charge in [-0.2, -0.15) is 5.26 Å². The van der Waals surface area contributed by atoms with Crippen LogP contribution in [0.15, 0.2) is 76.5 Å². The minimum Gasteiger partial charge on any atom is -0.465 e. The Morgan fingerprint density at radius 1 is 1.03 bits per heavy atom. The van der Waals surface area contributed by atoms with Gasteiger partial charge in [-0.3, -0.25) is 0 Å². The Labute approximate surface area is 173 Å². The third-order valence-corrected chi connectivity index (χ3v) is 5.19. The fraction of sp³-hybridized carbons (Fsp3) is 0.0833. The third kappa shape index (κ3) is 4.29. The van der Waals surface area contributed by atoms with Crippen molar-refractivity contribution >= 4 is 23.0 Å². The van der Waals surface area contributed by atoms with E-state index in [-0.39, 0.29) is 0 Å². The highest BCUT2D eigenvalue weighted by Gasteiger charge is 2.11. The monoisotopic (exact) mass is 398 g/mol. The van der Waals surface area contributed by atoms with Crippen molar-refractivity contribution in [2.24, 2.45) is 0 Å². The molecule has 0 saturated carbocycles. The zero-order chi connectivity index (χ0) is 20.1. The van der Waals surface area contributed by atoms with E-state index in [2.05, 4.69) is 47.5 Å². The molecule has 0 aliphatic heterocycles. The minimum absolute atomic E-state index is 0.439. The smallest absolute Gasteiger partial charge is 0.284 e. The Hall–Kier alpha value is -3.62. The molecule has 2 heterocycles. The maximum absolute atomic E-state index is 9.57. The van der Waals surface area contributed by atoms with Gasteiger partial charge in [-0.1, -0.05) is 54.6 Å². The van der Waals surface area contributed by atoms with E-state index in [0.717, 1.165) is 16.8 Å². The van der Waals surface area contributed by atoms with Gasteiger partial charge < -0.3 is 9.15 Å². The lowest BCUT2D eigenvalue weighted by Crippen LogP contribution is -1.87. The number of thiazole rings is 1. The van der Waals surface area contributed by atoms with Crippen molar-refractivity contribution in [1.82, 2.24) is 4.98 Å². The summed E-state index contributed by atoms with van der Waals surface area (Å²) in [4.78, 5) is 4.65. The molecule has 0 saturated heterocycles. The van der Waals surface area contributed by atoms with E-state index >= 15 is 0 Å². The molecule has 0 spiro atoms. The highest BCUT2D eigenvalue weighted by Crippen LogP contribution is 2.29. The van der Waals surface area contributed by atoms with Crippen LogP contribution in [0.5, 0.6) is 5.95 Å². The van der Waals surface area contributed by atoms with Gasteiger partial charge >= 0.3 is 0 Å². The van der Waals surface area contributed by atoms with E-state index < -0.39 is 0 Å². The van der Waals surface area contributed by atoms with E-state index in [1.807, 2.05) is 30.5 Å². The first-order valence-electron chi connectivity index (χ1n) is 9.23. The lowest BCUT2D eigenvalue weighted by atomic mass is 10.0. The average molecular weight is 398 g/mol. The summed E-state index contributed by atoms with van der Waals surface area (Å²) < 4.78 is 10.9. The molecule has 2 aromatic carbocycles. The van der Waals surface area contributed by atoms with Gasteiger partial charge in [0.1, 0.15) is 16.8 Å². The number of hydrogen-bond donors (Lipinski definition) is 0. The normalized spacial score (nSPS) is 11.2. The van der Waals surface area contributed by atoms with Crippen molar-refractivity contribution in [2.75, 3.05) is 6.61 Å². The van der Waals surface area contributed by atoms with Crippen LogP contribution in [-0.4, -0.2) is 11.6 Å². The number of allylic oxidation sites excluding steroid dienone is 1. The molecule has 0 radical (unpaired) electrons. The molecule has 0 amide bonds. The molecule has 4 nitrogen and oxygen atoms in total. The maximum Gasteiger partial charge on any atom is 0.284 e. The second-order valence-electron chi connectivity index (χ2n) is 6.24. The van der Waals surface area contributed by atoms with Crippen LogP contribution in [0.2, 0.25) is 0 Å². The molecular formula is C24H18N2O2S. The number of furan rings is 1. The second kappa shape index (κ2) is 8.59. The molecule has 0 fully saturated rings. The van der Waals surface area contributed by atoms with Gasteiger partial charge in [0.05, 0.1) is 17.9 Å². The Morgan fingerprint density at radius 2 is 1.76 bits per heavy atom. The molecule has 29 heavy (non-hydrogen) atoms. The zero-order valence-corrected chi connectivity index (χ0v) is 16.6. The fourth-order valence-corrected chi connectivity index (χ4v) is 3.70. The van der Waals surface area contributed by atoms with Crippen LogP contribution in [0.1, 0.15) is 17.7 Å². The number of benzene rings is 2. The SMILES string of the molecule is CCOc1ccc(C=C(C#N)c2nc(-c3ccc(-c4ccccc4)cc3)cs2)o1. The van der Waals surface area contributed by atoms with E-state index in [9.17, 15) is 5.26 Å². The summed E-state index contributed by atoms with van der Waals surface area (Å²) in [5.74, 6) is 1.00. The fourth-order valence-electron chi connectivity index (χ4n) is 2.91. The summed E-state index contributed by atoms with van der Waals surface area (Å²) >= 11 is 1.44. The van der Waals surface area contributed by atoms with Crippen molar-refractivity contribution in [3.05, 3.63) is 82.9 Å². The molecule has 0 N–H and O–H groups in total. The van der Waals surface area contributed by atoms with Crippen LogP contribution < -0.4 is 4.74 Å². The van der Waals surface area contributed by atoms with Gasteiger partial charge in [0.25, 0.3) is 5.95 Å². The summed E-state index contributed by atoms with van der Waals surface area (Å²) in [7, 11) is 0. The van der Waals surface area contributed by atoms with Gasteiger partial charge in [0, 0.05) is 23.1 Å². The Balaban J connectivity index is 1.56. The summed E-state index contributed by atoms with van der Waals surface area (Å²) in [6.45, 7) is 2.42. The first kappa shape index (κ1) is 18.7. The molecule has 4 rings (SSSR count). The Bertz CT molecular complexity index is 1170. The number of ether oxygens (including phenoxy) is 1. The van der Waals surface area contributed by atoms with Crippen LogP contribution in [0.25, 0.3) is 34.0 Å². The molecule has 0 unspecified atom stereocenters. The molecule has 142 valence electrons. The number of nitriles is 1. The van der Waals surface area contributed by atoms with Gasteiger partial charge in [-0.05, 0) is 24.1 Å². The predicted octanol–water partition coefficient (Wildman–Crippen LogP) is 6.53. The highest BCUT2D eigenvalue weighted by atomic mass is 32.1. The van der Waals surface area contributed by atoms with Gasteiger partial charge in [0.15, 0.2) is 0 Å². The quantitative estimate of drug-likeness (QED) is 0.346. The third-order valence-electron chi connectivity index (χ3n) is 4.32. The summed E-state index contributed by atoms with van der Waals surface area (Å²) in [5, 5.41) is 12.2. The number of rotatable bonds is 6. The van der Waals surface area contributed by atoms with Crippen LogP contribution in [-0.2, 0) is 0 Å². The first-order valence-corrected chi connectivity index (χ1v) is 10.1. The standard InChI is InChI=1S/C24H18N2O2S/c1-2-27-23-13-12-21(28-23)14-20(15-25)24-26-22(16-29-24)19-10-8-18(9-11-19)17-6-4-3-5-7-17/h3-14,16H,2H2,1H3. The number of hydrogen-bond acceptors (Lipinski definition) is 5. The molecular weight excluding hydrogens is 380 g/mol. The molecule has 2 aromatic heterocycles. The number of aromatic nitrogens is 1. The molecule has 0 aliphatic carbocycles. The van der Waals surface area contributed by atoms with E-state index in [1.54, 1.807) is 18.2 Å². The first-order chi connectivity index (χ1) is 14.3. The summed E-state index contributed by atoms with van der Waals surface area (Å²) in [6, 6.07) is 24.3. The molecule has 0 atom stereocenters. The number of nitrogens with zero attached hydrogens (tertiary/aromatic N) is 2. The Morgan fingerprint density at radius 3 is 2.48 bits per heavy atom. The molecule has 4 aromatic rings. The largest absolute Gasteiger partial charge is 0.465 e. The van der Waals surface area contributed by atoms with Crippen LogP contribution >= 0.6 is 11.3 Å². The lowest BCUT2D eigenvalue weighted by Gasteiger charge is -2.02. The van der Waals surface area contributed by atoms with Crippen molar-refractivity contribution in [1.29, 1.82) is 5.26 Å². The molecule has 0 bridgehead atoms. The summed E-state index contributed by atoms with van der Waals surface area (Å²) in [6.07, 6.45) is 1.68. The van der Waals surface area contributed by atoms with Gasteiger partial charge in [-0.25, -0.2) is 4.98 Å². The van der Waals surface area contributed by atoms with Gasteiger partial charge in [0.2, 0.25) is 0 Å². The van der Waals surface area contributed by atoms with Crippen LogP contribution in [0, 0.1) is 11.3 Å². The van der Waals surface area contributed by atoms with Gasteiger partial charge in [-0.15, -0.1) is 11.3 Å². The van der Waals surface area contributed by atoms with Crippen LogP contribution in [0.4, 0.5) is 0 Å². The molecule has 0 aliphatic rings. The van der Waals surface area contributed by atoms with E-state index in [1.165, 1.54) is 16.9 Å². The Kier molecular flexibility index (Phi) is 5.55. The van der Waals surface area contributed by atoms with E-state index in [4.69, 9.17) is 9.15 Å². The van der Waals surface area contributed by atoms with Crippen molar-refractivity contribution in [3.63, 3.8) is 0 Å². The van der Waals surface area contributed by atoms with Crippen molar-refractivity contribution < 1.29 is 9.15 Å². The van der Waals surface area contributed by atoms with Crippen molar-refractivity contribution in [2.45, 2.75) is 6.92 Å². The highest BCUT2D eigenvalue weighted by molar-refractivity contribution is 7.11. The minimum atomic E-state index is 0.439. The van der Waals surface area contributed by atoms with Crippen LogP contribution in [0.3, 0.4) is 0 Å². The van der Waals surface area contributed by atoms with E-state index in [0.29, 0.717) is 28.9 Å². The van der Waals surface area contributed by atoms with Crippen molar-refractivity contribution in [3.8, 4) is 34.4 Å². The molecule has 5 heteroatoms. The second-order valence-corrected chi connectivity index (χ2v) is 7.10. The topological polar surface area (TPSA) is 59.0 Å². The zero-order valence-electron chi connectivity index (χ0n) is 15.8. The predicted molar refractivity (Wildman–Crippen MR) is 116 cm³/mol. The lowest BCUT2D eigenvalue weighted by molar-refractivity contribution is 0.256.